The number of nitrogens with one attached hydrogen (secondary N) is 1. The molecule has 1 fully saturated rings. The zero-order chi connectivity index (χ0) is 14.6. The van der Waals surface area contributed by atoms with Crippen LogP contribution in [0.2, 0.25) is 0 Å². The van der Waals surface area contributed by atoms with Crippen LogP contribution in [0.4, 0.5) is 0 Å². The van der Waals surface area contributed by atoms with Crippen molar-refractivity contribution in [1.82, 2.24) is 10.2 Å². The van der Waals surface area contributed by atoms with E-state index < -0.39 is 11.5 Å². The molecule has 1 aromatic rings. The molecule has 0 aromatic heterocycles. The van der Waals surface area contributed by atoms with Crippen molar-refractivity contribution in [2.45, 2.75) is 18.1 Å². The predicted molar refractivity (Wildman–Crippen MR) is 76.7 cm³/mol. The van der Waals surface area contributed by atoms with E-state index in [1.165, 1.54) is 0 Å². The lowest BCUT2D eigenvalue weighted by atomic mass is 9.89. The zero-order valence-electron chi connectivity index (χ0n) is 12.0. The third-order valence-corrected chi connectivity index (χ3v) is 4.08. The summed E-state index contributed by atoms with van der Waals surface area (Å²) in [6.45, 7) is 2.07. The summed E-state index contributed by atoms with van der Waals surface area (Å²) in [5.41, 5.74) is -0.306. The summed E-state index contributed by atoms with van der Waals surface area (Å²) in [5, 5.41) is 12.7. The van der Waals surface area contributed by atoms with Gasteiger partial charge in [0.1, 0.15) is 0 Å². The molecule has 5 heteroatoms. The summed E-state index contributed by atoms with van der Waals surface area (Å²) in [6.07, 6.45) is 1.15. The van der Waals surface area contributed by atoms with Crippen molar-refractivity contribution in [2.75, 3.05) is 33.8 Å². The highest BCUT2D eigenvalue weighted by Gasteiger charge is 2.41. The maximum absolute atomic E-state index is 11.9. The molecule has 5 nitrogen and oxygen atoms in total. The van der Waals surface area contributed by atoms with E-state index in [4.69, 9.17) is 4.74 Å². The average molecular weight is 278 g/mol. The number of ether oxygens (including phenoxy) is 1. The van der Waals surface area contributed by atoms with Gasteiger partial charge in [0, 0.05) is 26.7 Å². The van der Waals surface area contributed by atoms with Crippen molar-refractivity contribution >= 4 is 5.97 Å². The minimum atomic E-state index is -1.08. The number of likely N-dealkylation sites (N-methyl/N-ethyl adjacent to an activating group) is 1. The van der Waals surface area contributed by atoms with Crippen molar-refractivity contribution < 1.29 is 14.6 Å². The van der Waals surface area contributed by atoms with Gasteiger partial charge in [0.15, 0.2) is 5.54 Å². The van der Waals surface area contributed by atoms with Crippen LogP contribution in [0.1, 0.15) is 12.0 Å². The fraction of sp³-hybridized carbons (Fsp3) is 0.533. The first kappa shape index (κ1) is 15.0. The molecule has 0 bridgehead atoms. The zero-order valence-corrected chi connectivity index (χ0v) is 12.0. The Morgan fingerprint density at radius 3 is 2.70 bits per heavy atom. The van der Waals surface area contributed by atoms with Crippen LogP contribution in [0.25, 0.3) is 0 Å². The van der Waals surface area contributed by atoms with E-state index in [0.717, 1.165) is 25.1 Å². The number of carboxylic acid groups (broad SMARTS) is 1. The SMILES string of the molecule is CNC(CN1CCC(OC)C1)(C(=O)O)c1ccccc1. The normalized spacial score (nSPS) is 22.6. The van der Waals surface area contributed by atoms with Crippen LogP contribution in [0.5, 0.6) is 0 Å². The maximum atomic E-state index is 11.9. The summed E-state index contributed by atoms with van der Waals surface area (Å²) in [6, 6.07) is 9.34. The average Bonchev–Trinajstić information content (AvgIpc) is 2.93. The van der Waals surface area contributed by atoms with Crippen molar-refractivity contribution in [3.63, 3.8) is 0 Å². The van der Waals surface area contributed by atoms with Crippen LogP contribution in [0, 0.1) is 0 Å². The number of hydrogen-bond acceptors (Lipinski definition) is 4. The Bertz CT molecular complexity index is 452. The first-order valence-corrected chi connectivity index (χ1v) is 6.85. The third kappa shape index (κ3) is 2.85. The van der Waals surface area contributed by atoms with Crippen molar-refractivity contribution in [2.24, 2.45) is 0 Å². The van der Waals surface area contributed by atoms with Crippen LogP contribution >= 0.6 is 0 Å². The topological polar surface area (TPSA) is 61.8 Å². The number of benzene rings is 1. The van der Waals surface area contributed by atoms with E-state index in [2.05, 4.69) is 10.2 Å². The lowest BCUT2D eigenvalue weighted by Crippen LogP contribution is -2.55. The minimum Gasteiger partial charge on any atom is -0.480 e. The molecular weight excluding hydrogens is 256 g/mol. The molecule has 1 aliphatic rings. The molecule has 1 saturated heterocycles. The van der Waals surface area contributed by atoms with Crippen LogP contribution < -0.4 is 5.32 Å². The van der Waals surface area contributed by atoms with Gasteiger partial charge in [0.25, 0.3) is 0 Å². The molecule has 1 heterocycles. The maximum Gasteiger partial charge on any atom is 0.329 e. The van der Waals surface area contributed by atoms with Crippen LogP contribution in [-0.4, -0.2) is 55.9 Å². The second-order valence-corrected chi connectivity index (χ2v) is 5.21. The van der Waals surface area contributed by atoms with Gasteiger partial charge >= 0.3 is 5.97 Å². The van der Waals surface area contributed by atoms with Gasteiger partial charge < -0.3 is 15.2 Å². The Hall–Kier alpha value is -1.43. The van der Waals surface area contributed by atoms with Gasteiger partial charge in [-0.15, -0.1) is 0 Å². The molecule has 0 saturated carbocycles. The summed E-state index contributed by atoms with van der Waals surface area (Å²) >= 11 is 0. The molecule has 0 spiro atoms. The number of nitrogens with zero attached hydrogens (tertiary/aromatic N) is 1. The predicted octanol–water partition coefficient (Wildman–Crippen LogP) is 0.907. The smallest absolute Gasteiger partial charge is 0.329 e. The van der Waals surface area contributed by atoms with E-state index in [9.17, 15) is 9.90 Å². The molecule has 2 N–H and O–H groups in total. The van der Waals surface area contributed by atoms with Gasteiger partial charge in [-0.3, -0.25) is 4.90 Å². The fourth-order valence-electron chi connectivity index (χ4n) is 2.80. The standard InChI is InChI=1S/C15H22N2O3/c1-16-15(14(18)19,12-6-4-3-5-7-12)11-17-9-8-13(10-17)20-2/h3-7,13,16H,8-11H2,1-2H3,(H,18,19). The number of carboxylic acids is 1. The number of carbonyl (C=O) groups is 1. The monoisotopic (exact) mass is 278 g/mol. The second kappa shape index (κ2) is 6.35. The number of methoxy groups -OCH3 is 1. The van der Waals surface area contributed by atoms with Gasteiger partial charge in [-0.25, -0.2) is 4.79 Å². The van der Waals surface area contributed by atoms with E-state index >= 15 is 0 Å². The van der Waals surface area contributed by atoms with E-state index in [0.29, 0.717) is 6.54 Å². The lowest BCUT2D eigenvalue weighted by Gasteiger charge is -2.33. The summed E-state index contributed by atoms with van der Waals surface area (Å²) in [7, 11) is 3.40. The Morgan fingerprint density at radius 2 is 2.20 bits per heavy atom. The van der Waals surface area contributed by atoms with Gasteiger partial charge in [-0.05, 0) is 19.0 Å². The minimum absolute atomic E-state index is 0.203. The van der Waals surface area contributed by atoms with Crippen molar-refractivity contribution in [3.8, 4) is 0 Å². The van der Waals surface area contributed by atoms with Gasteiger partial charge in [0.05, 0.1) is 6.10 Å². The van der Waals surface area contributed by atoms with Crippen LogP contribution in [0.3, 0.4) is 0 Å². The number of aliphatic carboxylic acids is 1. The Kier molecular flexibility index (Phi) is 4.75. The summed E-state index contributed by atoms with van der Waals surface area (Å²) in [5.74, 6) is -0.855. The van der Waals surface area contributed by atoms with E-state index in [1.54, 1.807) is 14.2 Å². The van der Waals surface area contributed by atoms with Crippen molar-refractivity contribution in [1.29, 1.82) is 0 Å². The Labute approximate surface area is 119 Å². The molecular formula is C15H22N2O3. The molecule has 0 aliphatic carbocycles. The number of rotatable bonds is 6. The van der Waals surface area contributed by atoms with E-state index in [1.807, 2.05) is 30.3 Å². The molecule has 1 aromatic carbocycles. The van der Waals surface area contributed by atoms with Gasteiger partial charge in [-0.2, -0.15) is 0 Å². The number of likely N-dealkylation sites (tertiary alicyclic amines) is 1. The Balaban J connectivity index is 2.22. The molecule has 110 valence electrons. The van der Waals surface area contributed by atoms with Crippen molar-refractivity contribution in [3.05, 3.63) is 35.9 Å². The fourth-order valence-corrected chi connectivity index (χ4v) is 2.80. The van der Waals surface area contributed by atoms with Gasteiger partial charge in [-0.1, -0.05) is 30.3 Å². The molecule has 2 unspecified atom stereocenters. The van der Waals surface area contributed by atoms with Crippen LogP contribution in [0.15, 0.2) is 30.3 Å². The molecule has 2 atom stereocenters. The molecule has 2 rings (SSSR count). The highest BCUT2D eigenvalue weighted by atomic mass is 16.5. The molecule has 1 aliphatic heterocycles. The van der Waals surface area contributed by atoms with E-state index in [-0.39, 0.29) is 6.10 Å². The largest absolute Gasteiger partial charge is 0.480 e. The first-order chi connectivity index (χ1) is 9.62. The van der Waals surface area contributed by atoms with Crippen LogP contribution in [-0.2, 0) is 15.1 Å². The summed E-state index contributed by atoms with van der Waals surface area (Å²) < 4.78 is 5.35. The quantitative estimate of drug-likeness (QED) is 0.810. The third-order valence-electron chi connectivity index (χ3n) is 4.08. The molecule has 20 heavy (non-hydrogen) atoms. The second-order valence-electron chi connectivity index (χ2n) is 5.21. The molecule has 0 amide bonds. The Morgan fingerprint density at radius 1 is 1.50 bits per heavy atom. The number of hydrogen-bond donors (Lipinski definition) is 2. The molecule has 0 radical (unpaired) electrons. The highest BCUT2D eigenvalue weighted by molar-refractivity contribution is 5.81. The van der Waals surface area contributed by atoms with Gasteiger partial charge in [0.2, 0.25) is 0 Å². The lowest BCUT2D eigenvalue weighted by molar-refractivity contribution is -0.146. The highest BCUT2D eigenvalue weighted by Crippen LogP contribution is 2.25. The summed E-state index contributed by atoms with van der Waals surface area (Å²) in [4.78, 5) is 14.0. The first-order valence-electron chi connectivity index (χ1n) is 6.85.